The Morgan fingerprint density at radius 2 is 1.73 bits per heavy atom. The molecule has 0 atom stereocenters. The largest absolute Gasteiger partial charge is 0.507 e. The molecule has 0 aliphatic heterocycles. The van der Waals surface area contributed by atoms with Gasteiger partial charge in [-0.1, -0.05) is 61.2 Å². The fourth-order valence-corrected chi connectivity index (χ4v) is 4.43. The number of fused-ring (bicyclic) bond motifs is 1. The zero-order valence-corrected chi connectivity index (χ0v) is 19.0. The Kier molecular flexibility index (Phi) is 5.75. The van der Waals surface area contributed by atoms with E-state index in [-0.39, 0.29) is 5.75 Å². The molecule has 166 valence electrons. The van der Waals surface area contributed by atoms with Crippen LogP contribution in [0.5, 0.6) is 17.4 Å². The summed E-state index contributed by atoms with van der Waals surface area (Å²) in [7, 11) is 0. The van der Waals surface area contributed by atoms with Gasteiger partial charge in [0.1, 0.15) is 11.5 Å². The molecule has 0 unspecified atom stereocenters. The summed E-state index contributed by atoms with van der Waals surface area (Å²) in [6.07, 6.45) is 0.695. The van der Waals surface area contributed by atoms with Crippen LogP contribution in [0.3, 0.4) is 0 Å². The molecule has 8 heteroatoms. The smallest absolute Gasteiger partial charge is 0.276 e. The minimum atomic E-state index is 0.213. The average molecular weight is 459 g/mol. The lowest BCUT2D eigenvalue weighted by molar-refractivity contribution is 0.417. The van der Waals surface area contributed by atoms with Crippen LogP contribution in [0.15, 0.2) is 76.4 Å². The average Bonchev–Trinajstić information content (AvgIpc) is 3.44. The molecule has 0 saturated heterocycles. The Hall–Kier alpha value is -3.78. The van der Waals surface area contributed by atoms with Crippen LogP contribution in [0.25, 0.3) is 16.5 Å². The third-order valence-electron chi connectivity index (χ3n) is 5.30. The van der Waals surface area contributed by atoms with Gasteiger partial charge < -0.3 is 14.3 Å². The van der Waals surface area contributed by atoms with Crippen molar-refractivity contribution in [2.45, 2.75) is 31.2 Å². The number of ether oxygens (including phenoxy) is 1. The zero-order chi connectivity index (χ0) is 22.8. The number of rotatable bonds is 7. The summed E-state index contributed by atoms with van der Waals surface area (Å²) in [6.45, 7) is 3.94. The number of phenolic OH excluding ortho intramolecular Hbond substituents is 1. The van der Waals surface area contributed by atoms with Crippen molar-refractivity contribution in [1.29, 1.82) is 0 Å². The number of hydrogen-bond acceptors (Lipinski definition) is 7. The van der Waals surface area contributed by atoms with Crippen LogP contribution in [-0.4, -0.2) is 25.1 Å². The number of aromatic hydroxyl groups is 1. The second kappa shape index (κ2) is 8.99. The van der Waals surface area contributed by atoms with E-state index in [2.05, 4.69) is 10.2 Å². The highest BCUT2D eigenvalue weighted by Crippen LogP contribution is 2.39. The second-order valence-electron chi connectivity index (χ2n) is 7.45. The maximum Gasteiger partial charge on any atom is 0.276 e. The number of benzene rings is 3. The van der Waals surface area contributed by atoms with Gasteiger partial charge in [0.15, 0.2) is 0 Å². The second-order valence-corrected chi connectivity index (χ2v) is 8.38. The molecule has 1 N–H and O–H groups in total. The molecule has 0 aliphatic rings. The third-order valence-corrected chi connectivity index (χ3v) is 6.14. The first-order chi connectivity index (χ1) is 16.1. The number of aromatic nitrogens is 4. The van der Waals surface area contributed by atoms with Gasteiger partial charge in [0.2, 0.25) is 11.8 Å². The van der Waals surface area contributed by atoms with Crippen molar-refractivity contribution >= 4 is 22.5 Å². The van der Waals surface area contributed by atoms with E-state index in [4.69, 9.17) is 14.3 Å². The van der Waals surface area contributed by atoms with Crippen molar-refractivity contribution in [3.05, 3.63) is 83.9 Å². The summed E-state index contributed by atoms with van der Waals surface area (Å²) in [5.41, 5.74) is 2.66. The van der Waals surface area contributed by atoms with E-state index in [0.29, 0.717) is 34.9 Å². The summed E-state index contributed by atoms with van der Waals surface area (Å²) in [5, 5.41) is 25.3. The Labute approximate surface area is 195 Å². The molecule has 0 amide bonds. The lowest BCUT2D eigenvalue weighted by Crippen LogP contribution is -2.00. The van der Waals surface area contributed by atoms with Gasteiger partial charge in [0, 0.05) is 28.5 Å². The van der Waals surface area contributed by atoms with Crippen molar-refractivity contribution in [3.8, 4) is 23.1 Å². The van der Waals surface area contributed by atoms with Crippen LogP contribution >= 0.6 is 11.8 Å². The first-order valence-electron chi connectivity index (χ1n) is 10.6. The first kappa shape index (κ1) is 21.1. The summed E-state index contributed by atoms with van der Waals surface area (Å²) in [5.74, 6) is 2.62. The monoisotopic (exact) mass is 458 g/mol. The number of thioether (sulfide) groups is 1. The Morgan fingerprint density at radius 3 is 2.48 bits per heavy atom. The van der Waals surface area contributed by atoms with Crippen LogP contribution in [0.2, 0.25) is 0 Å². The summed E-state index contributed by atoms with van der Waals surface area (Å²) < 4.78 is 14.0. The van der Waals surface area contributed by atoms with Crippen LogP contribution in [0, 0.1) is 6.92 Å². The van der Waals surface area contributed by atoms with Gasteiger partial charge in [0.25, 0.3) is 5.22 Å². The van der Waals surface area contributed by atoms with E-state index >= 15 is 0 Å². The van der Waals surface area contributed by atoms with E-state index in [9.17, 15) is 5.11 Å². The number of phenols is 1. The normalized spacial score (nSPS) is 11.2. The lowest BCUT2D eigenvalue weighted by atomic mass is 10.1. The molecule has 33 heavy (non-hydrogen) atoms. The molecule has 2 aromatic heterocycles. The molecule has 2 heterocycles. The highest BCUT2D eigenvalue weighted by molar-refractivity contribution is 7.98. The highest BCUT2D eigenvalue weighted by atomic mass is 32.2. The van der Waals surface area contributed by atoms with Gasteiger partial charge in [-0.15, -0.1) is 10.2 Å². The molecule has 0 fully saturated rings. The number of para-hydroxylation sites is 1. The molecule has 0 bridgehead atoms. The maximum absolute atomic E-state index is 10.3. The summed E-state index contributed by atoms with van der Waals surface area (Å²) >= 11 is 1.45. The minimum Gasteiger partial charge on any atom is -0.507 e. The fraction of sp³-hybridized carbons (Fsp3) is 0.160. The maximum atomic E-state index is 10.3. The molecule has 0 saturated carbocycles. The lowest BCUT2D eigenvalue weighted by Gasteiger charge is -2.13. The van der Waals surface area contributed by atoms with Gasteiger partial charge in [0.05, 0.1) is 11.4 Å². The number of aryl methyl sites for hydroxylation is 2. The van der Waals surface area contributed by atoms with E-state index in [0.717, 1.165) is 27.7 Å². The molecule has 0 radical (unpaired) electrons. The van der Waals surface area contributed by atoms with E-state index in [1.807, 2.05) is 68.4 Å². The molecular weight excluding hydrogens is 436 g/mol. The predicted molar refractivity (Wildman–Crippen MR) is 127 cm³/mol. The van der Waals surface area contributed by atoms with Gasteiger partial charge in [-0.25, -0.2) is 4.68 Å². The van der Waals surface area contributed by atoms with Crippen LogP contribution in [0.1, 0.15) is 24.1 Å². The minimum absolute atomic E-state index is 0.213. The zero-order valence-electron chi connectivity index (χ0n) is 18.2. The Bertz CT molecular complexity index is 1410. The van der Waals surface area contributed by atoms with Crippen molar-refractivity contribution in [1.82, 2.24) is 20.0 Å². The molecule has 0 spiro atoms. The van der Waals surface area contributed by atoms with Gasteiger partial charge in [-0.05, 0) is 31.2 Å². The van der Waals surface area contributed by atoms with Crippen molar-refractivity contribution in [3.63, 3.8) is 0 Å². The molecule has 5 rings (SSSR count). The molecule has 3 aromatic carbocycles. The third kappa shape index (κ3) is 4.17. The van der Waals surface area contributed by atoms with Gasteiger partial charge in [-0.3, -0.25) is 0 Å². The Balaban J connectivity index is 1.57. The molecular formula is C25H22N4O3S. The Morgan fingerprint density at radius 1 is 0.970 bits per heavy atom. The first-order valence-corrected chi connectivity index (χ1v) is 11.6. The molecule has 0 aliphatic carbocycles. The quantitative estimate of drug-likeness (QED) is 0.296. The predicted octanol–water partition coefficient (Wildman–Crippen LogP) is 6.07. The van der Waals surface area contributed by atoms with Crippen LogP contribution in [0.4, 0.5) is 0 Å². The van der Waals surface area contributed by atoms with E-state index in [1.54, 1.807) is 16.8 Å². The number of nitrogens with zero attached hydrogens (tertiary/aromatic N) is 4. The van der Waals surface area contributed by atoms with Gasteiger partial charge in [-0.2, -0.15) is 5.10 Å². The molecule has 7 nitrogen and oxygen atoms in total. The van der Waals surface area contributed by atoms with Crippen LogP contribution < -0.4 is 4.74 Å². The van der Waals surface area contributed by atoms with Crippen LogP contribution in [-0.2, 0) is 12.2 Å². The summed E-state index contributed by atoms with van der Waals surface area (Å²) in [4.78, 5) is 0. The van der Waals surface area contributed by atoms with Gasteiger partial charge >= 0.3 is 0 Å². The number of hydrogen-bond donors (Lipinski definition) is 1. The fourth-order valence-electron chi connectivity index (χ4n) is 3.58. The van der Waals surface area contributed by atoms with Crippen molar-refractivity contribution < 1.29 is 14.3 Å². The SMILES string of the molecule is CCc1nnc(SCc2c(C)nn(-c3ccccc3)c2Oc2ccc(O)c3ccccc23)o1. The molecule has 5 aromatic rings. The topological polar surface area (TPSA) is 86.2 Å². The highest BCUT2D eigenvalue weighted by Gasteiger charge is 2.21. The standard InChI is InChI=1S/C25H22N4O3S/c1-3-23-26-27-25(32-23)33-15-20-16(2)28-29(17-9-5-4-6-10-17)24(20)31-22-14-13-21(30)18-11-7-8-12-19(18)22/h4-14,30H,3,15H2,1-2H3. The summed E-state index contributed by atoms with van der Waals surface area (Å²) in [6, 6.07) is 20.9. The van der Waals surface area contributed by atoms with E-state index < -0.39 is 0 Å². The van der Waals surface area contributed by atoms with Crippen molar-refractivity contribution in [2.75, 3.05) is 0 Å². The van der Waals surface area contributed by atoms with E-state index in [1.165, 1.54) is 11.8 Å². The van der Waals surface area contributed by atoms with Crippen molar-refractivity contribution in [2.24, 2.45) is 0 Å².